The molecule has 0 saturated heterocycles. The number of rotatable bonds is 9. The Bertz CT molecular complexity index is 330. The van der Waals surface area contributed by atoms with Crippen molar-refractivity contribution in [1.29, 1.82) is 0 Å². The van der Waals surface area contributed by atoms with Gasteiger partial charge in [-0.25, -0.2) is 0 Å². The van der Waals surface area contributed by atoms with Gasteiger partial charge in [-0.1, -0.05) is 39.8 Å². The third kappa shape index (κ3) is 7.22. The molecule has 0 fully saturated rings. The van der Waals surface area contributed by atoms with E-state index < -0.39 is 0 Å². The molecular formula is C17H29NO. The second kappa shape index (κ2) is 8.98. The molecule has 0 aliphatic heterocycles. The standard InChI is InChI=1S/C17H29NO/c1-14(2)13-18-11-5-6-12-19-17-9-7-16(8-10-17)15(3)4/h7-10,14-15,18H,5-6,11-13H2,1-4H3. The summed E-state index contributed by atoms with van der Waals surface area (Å²) in [5.74, 6) is 2.30. The van der Waals surface area contributed by atoms with Crippen LogP contribution < -0.4 is 10.1 Å². The van der Waals surface area contributed by atoms with Crippen molar-refractivity contribution in [3.8, 4) is 5.75 Å². The third-order valence-corrected chi connectivity index (χ3v) is 3.12. The molecule has 108 valence electrons. The second-order valence-electron chi connectivity index (χ2n) is 5.88. The van der Waals surface area contributed by atoms with Crippen LogP contribution in [0.5, 0.6) is 5.75 Å². The average Bonchev–Trinajstić information content (AvgIpc) is 2.38. The zero-order valence-corrected chi connectivity index (χ0v) is 12.9. The fraction of sp³-hybridized carbons (Fsp3) is 0.647. The third-order valence-electron chi connectivity index (χ3n) is 3.12. The molecule has 1 N–H and O–H groups in total. The summed E-state index contributed by atoms with van der Waals surface area (Å²) in [6.07, 6.45) is 2.29. The Morgan fingerprint density at radius 1 is 1.00 bits per heavy atom. The predicted octanol–water partition coefficient (Wildman–Crippen LogP) is 4.21. The molecule has 0 unspecified atom stereocenters. The van der Waals surface area contributed by atoms with Gasteiger partial charge in [-0.3, -0.25) is 0 Å². The molecule has 0 spiro atoms. The van der Waals surface area contributed by atoms with Gasteiger partial charge in [0.2, 0.25) is 0 Å². The minimum atomic E-state index is 0.584. The normalized spacial score (nSPS) is 11.3. The van der Waals surface area contributed by atoms with Crippen LogP contribution in [0, 0.1) is 5.92 Å². The van der Waals surface area contributed by atoms with Crippen molar-refractivity contribution in [1.82, 2.24) is 5.32 Å². The molecule has 0 aromatic heterocycles. The number of nitrogens with one attached hydrogen (secondary N) is 1. The van der Waals surface area contributed by atoms with Crippen LogP contribution in [-0.4, -0.2) is 19.7 Å². The zero-order chi connectivity index (χ0) is 14.1. The molecule has 1 aromatic carbocycles. The molecular weight excluding hydrogens is 234 g/mol. The molecule has 0 heterocycles. The van der Waals surface area contributed by atoms with E-state index in [0.29, 0.717) is 5.92 Å². The highest BCUT2D eigenvalue weighted by Gasteiger charge is 1.99. The predicted molar refractivity (Wildman–Crippen MR) is 83.0 cm³/mol. The maximum Gasteiger partial charge on any atom is 0.119 e. The summed E-state index contributed by atoms with van der Waals surface area (Å²) in [6, 6.07) is 8.47. The van der Waals surface area contributed by atoms with E-state index in [4.69, 9.17) is 4.74 Å². The van der Waals surface area contributed by atoms with Crippen molar-refractivity contribution < 1.29 is 4.74 Å². The number of benzene rings is 1. The lowest BCUT2D eigenvalue weighted by Gasteiger charge is -2.09. The molecule has 0 aliphatic rings. The van der Waals surface area contributed by atoms with Crippen LogP contribution in [0.3, 0.4) is 0 Å². The minimum absolute atomic E-state index is 0.584. The van der Waals surface area contributed by atoms with E-state index >= 15 is 0 Å². The summed E-state index contributed by atoms with van der Waals surface area (Å²) in [5.41, 5.74) is 1.37. The first kappa shape index (κ1) is 16.0. The number of unbranched alkanes of at least 4 members (excludes halogenated alkanes) is 1. The lowest BCUT2D eigenvalue weighted by molar-refractivity contribution is 0.305. The van der Waals surface area contributed by atoms with Gasteiger partial charge in [0.1, 0.15) is 5.75 Å². The molecule has 19 heavy (non-hydrogen) atoms. The quantitative estimate of drug-likeness (QED) is 0.674. The Labute approximate surface area is 118 Å². The maximum atomic E-state index is 5.74. The van der Waals surface area contributed by atoms with Crippen molar-refractivity contribution in [3.63, 3.8) is 0 Å². The number of hydrogen-bond acceptors (Lipinski definition) is 2. The Morgan fingerprint density at radius 2 is 1.68 bits per heavy atom. The zero-order valence-electron chi connectivity index (χ0n) is 12.9. The van der Waals surface area contributed by atoms with E-state index in [0.717, 1.165) is 37.8 Å². The van der Waals surface area contributed by atoms with Crippen LogP contribution in [-0.2, 0) is 0 Å². The molecule has 0 saturated carbocycles. The van der Waals surface area contributed by atoms with Gasteiger partial charge in [0.25, 0.3) is 0 Å². The fourth-order valence-corrected chi connectivity index (χ4v) is 1.88. The molecule has 1 aromatic rings. The van der Waals surface area contributed by atoms with Crippen molar-refractivity contribution in [3.05, 3.63) is 29.8 Å². The first-order valence-corrected chi connectivity index (χ1v) is 7.53. The summed E-state index contributed by atoms with van der Waals surface area (Å²) < 4.78 is 5.74. The van der Waals surface area contributed by atoms with Crippen LogP contribution in [0.4, 0.5) is 0 Å². The Kier molecular flexibility index (Phi) is 7.57. The van der Waals surface area contributed by atoms with E-state index in [1.54, 1.807) is 0 Å². The lowest BCUT2D eigenvalue weighted by Crippen LogP contribution is -2.21. The maximum absolute atomic E-state index is 5.74. The van der Waals surface area contributed by atoms with Crippen LogP contribution in [0.2, 0.25) is 0 Å². The highest BCUT2D eigenvalue weighted by Crippen LogP contribution is 2.18. The van der Waals surface area contributed by atoms with Gasteiger partial charge in [0, 0.05) is 0 Å². The summed E-state index contributed by atoms with van der Waals surface area (Å²) in [4.78, 5) is 0. The first-order chi connectivity index (χ1) is 9.09. The van der Waals surface area contributed by atoms with Gasteiger partial charge in [0.15, 0.2) is 0 Å². The van der Waals surface area contributed by atoms with E-state index in [2.05, 4.69) is 57.3 Å². The second-order valence-corrected chi connectivity index (χ2v) is 5.88. The smallest absolute Gasteiger partial charge is 0.119 e. The number of ether oxygens (including phenoxy) is 1. The van der Waals surface area contributed by atoms with Gasteiger partial charge in [-0.2, -0.15) is 0 Å². The molecule has 0 bridgehead atoms. The number of hydrogen-bond donors (Lipinski definition) is 1. The van der Waals surface area contributed by atoms with Crippen molar-refractivity contribution in [2.24, 2.45) is 5.92 Å². The molecule has 0 radical (unpaired) electrons. The van der Waals surface area contributed by atoms with E-state index in [1.165, 1.54) is 12.0 Å². The van der Waals surface area contributed by atoms with E-state index in [9.17, 15) is 0 Å². The molecule has 0 amide bonds. The van der Waals surface area contributed by atoms with Crippen LogP contribution >= 0.6 is 0 Å². The minimum Gasteiger partial charge on any atom is -0.494 e. The monoisotopic (exact) mass is 263 g/mol. The summed E-state index contributed by atoms with van der Waals surface area (Å²) in [6.45, 7) is 11.9. The van der Waals surface area contributed by atoms with Gasteiger partial charge in [-0.05, 0) is 55.5 Å². The Balaban J connectivity index is 2.09. The molecule has 0 atom stereocenters. The molecule has 1 rings (SSSR count). The fourth-order valence-electron chi connectivity index (χ4n) is 1.88. The van der Waals surface area contributed by atoms with Gasteiger partial charge >= 0.3 is 0 Å². The van der Waals surface area contributed by atoms with E-state index in [1.807, 2.05) is 0 Å². The van der Waals surface area contributed by atoms with Crippen LogP contribution in [0.15, 0.2) is 24.3 Å². The summed E-state index contributed by atoms with van der Waals surface area (Å²) in [7, 11) is 0. The summed E-state index contributed by atoms with van der Waals surface area (Å²) >= 11 is 0. The van der Waals surface area contributed by atoms with Crippen LogP contribution in [0.1, 0.15) is 52.0 Å². The average molecular weight is 263 g/mol. The highest BCUT2D eigenvalue weighted by atomic mass is 16.5. The van der Waals surface area contributed by atoms with Crippen molar-refractivity contribution >= 4 is 0 Å². The van der Waals surface area contributed by atoms with Gasteiger partial charge in [0.05, 0.1) is 6.61 Å². The van der Waals surface area contributed by atoms with Gasteiger partial charge in [-0.15, -0.1) is 0 Å². The molecule has 2 nitrogen and oxygen atoms in total. The van der Waals surface area contributed by atoms with Crippen LogP contribution in [0.25, 0.3) is 0 Å². The highest BCUT2D eigenvalue weighted by molar-refractivity contribution is 5.28. The summed E-state index contributed by atoms with van der Waals surface area (Å²) in [5, 5.41) is 3.45. The van der Waals surface area contributed by atoms with Gasteiger partial charge < -0.3 is 10.1 Å². The Morgan fingerprint density at radius 3 is 2.26 bits per heavy atom. The van der Waals surface area contributed by atoms with E-state index in [-0.39, 0.29) is 0 Å². The lowest BCUT2D eigenvalue weighted by atomic mass is 10.0. The first-order valence-electron chi connectivity index (χ1n) is 7.53. The Hall–Kier alpha value is -1.02. The van der Waals surface area contributed by atoms with Crippen molar-refractivity contribution in [2.45, 2.75) is 46.5 Å². The van der Waals surface area contributed by atoms with Crippen molar-refractivity contribution in [2.75, 3.05) is 19.7 Å². The SMILES string of the molecule is CC(C)CNCCCCOc1ccc(C(C)C)cc1. The molecule has 2 heteroatoms. The topological polar surface area (TPSA) is 21.3 Å². The largest absolute Gasteiger partial charge is 0.494 e. The molecule has 0 aliphatic carbocycles.